The molecular formula is C17H28N2O. The molecule has 2 rings (SSSR count). The molecule has 0 spiro atoms. The second kappa shape index (κ2) is 6.38. The molecule has 1 aromatic rings. The van der Waals surface area contributed by atoms with Gasteiger partial charge in [-0.15, -0.1) is 0 Å². The first-order chi connectivity index (χ1) is 9.64. The molecule has 0 saturated heterocycles. The molecule has 0 bridgehead atoms. The second-order valence-electron chi connectivity index (χ2n) is 5.85. The Labute approximate surface area is 123 Å². The number of unbranched alkanes of at least 4 members (excludes halogenated alkanes) is 2. The van der Waals surface area contributed by atoms with E-state index in [1.165, 1.54) is 24.9 Å². The van der Waals surface area contributed by atoms with Gasteiger partial charge in [-0.25, -0.2) is 0 Å². The highest BCUT2D eigenvalue weighted by Gasteiger charge is 2.36. The number of ether oxygens (including phenoxy) is 1. The van der Waals surface area contributed by atoms with Crippen LogP contribution in [0, 0.1) is 0 Å². The summed E-state index contributed by atoms with van der Waals surface area (Å²) in [6.07, 6.45) is 5.84. The highest BCUT2D eigenvalue weighted by molar-refractivity contribution is 5.65. The number of nitrogens with two attached hydrogens (primary N) is 1. The van der Waals surface area contributed by atoms with Crippen LogP contribution in [0.25, 0.3) is 0 Å². The standard InChI is InChI=1S/C17H28N2O/c1-4-7-8-11-19-13-17(5-2,6-3)20-16-12-14(18)9-10-15(16)19/h9-10,12H,4-8,11,13,18H2,1-3H3. The number of benzene rings is 1. The van der Waals surface area contributed by atoms with Crippen molar-refractivity contribution in [3.63, 3.8) is 0 Å². The average Bonchev–Trinajstić information content (AvgIpc) is 2.46. The first kappa shape index (κ1) is 15.0. The third kappa shape index (κ3) is 3.02. The number of nitrogens with zero attached hydrogens (tertiary/aromatic N) is 1. The minimum atomic E-state index is -0.0625. The summed E-state index contributed by atoms with van der Waals surface area (Å²) < 4.78 is 6.31. The number of fused-ring (bicyclic) bond motifs is 1. The van der Waals surface area contributed by atoms with E-state index in [4.69, 9.17) is 10.5 Å². The number of nitrogen functional groups attached to an aromatic ring is 1. The van der Waals surface area contributed by atoms with Crippen LogP contribution in [-0.2, 0) is 0 Å². The van der Waals surface area contributed by atoms with Gasteiger partial charge in [-0.05, 0) is 31.4 Å². The van der Waals surface area contributed by atoms with Gasteiger partial charge in [0.25, 0.3) is 0 Å². The summed E-state index contributed by atoms with van der Waals surface area (Å²) in [5.41, 5.74) is 7.84. The topological polar surface area (TPSA) is 38.5 Å². The molecule has 0 amide bonds. The molecule has 0 aromatic heterocycles. The molecule has 1 aliphatic heterocycles. The molecule has 3 heteroatoms. The van der Waals surface area contributed by atoms with Crippen molar-refractivity contribution < 1.29 is 4.74 Å². The van der Waals surface area contributed by atoms with Gasteiger partial charge in [0.2, 0.25) is 0 Å². The first-order valence-corrected chi connectivity index (χ1v) is 7.97. The van der Waals surface area contributed by atoms with Gasteiger partial charge in [0.15, 0.2) is 0 Å². The van der Waals surface area contributed by atoms with Crippen LogP contribution in [0.2, 0.25) is 0 Å². The van der Waals surface area contributed by atoms with Crippen molar-refractivity contribution in [2.75, 3.05) is 23.7 Å². The highest BCUT2D eigenvalue weighted by Crippen LogP contribution is 2.40. The predicted octanol–water partition coefficient (Wildman–Crippen LogP) is 4.22. The molecule has 1 aromatic carbocycles. The lowest BCUT2D eigenvalue weighted by Gasteiger charge is -2.44. The van der Waals surface area contributed by atoms with E-state index in [2.05, 4.69) is 31.7 Å². The molecule has 0 radical (unpaired) electrons. The summed E-state index contributed by atoms with van der Waals surface area (Å²) in [7, 11) is 0. The van der Waals surface area contributed by atoms with Crippen molar-refractivity contribution in [1.29, 1.82) is 0 Å². The van der Waals surface area contributed by atoms with Crippen molar-refractivity contribution in [3.8, 4) is 5.75 Å². The summed E-state index contributed by atoms with van der Waals surface area (Å²) in [6.45, 7) is 8.77. The quantitative estimate of drug-likeness (QED) is 0.624. The fraction of sp³-hybridized carbons (Fsp3) is 0.647. The van der Waals surface area contributed by atoms with Crippen LogP contribution in [0.3, 0.4) is 0 Å². The fourth-order valence-electron chi connectivity index (χ4n) is 2.94. The van der Waals surface area contributed by atoms with E-state index in [9.17, 15) is 0 Å². The van der Waals surface area contributed by atoms with Crippen LogP contribution in [0.1, 0.15) is 52.9 Å². The maximum absolute atomic E-state index is 6.31. The molecule has 0 saturated carbocycles. The predicted molar refractivity (Wildman–Crippen MR) is 86.5 cm³/mol. The molecule has 1 aliphatic rings. The Hall–Kier alpha value is -1.38. The monoisotopic (exact) mass is 276 g/mol. The summed E-state index contributed by atoms with van der Waals surface area (Å²) >= 11 is 0. The number of anilines is 2. The Balaban J connectivity index is 2.26. The Morgan fingerprint density at radius 1 is 1.20 bits per heavy atom. The van der Waals surface area contributed by atoms with Gasteiger partial charge >= 0.3 is 0 Å². The first-order valence-electron chi connectivity index (χ1n) is 7.97. The van der Waals surface area contributed by atoms with E-state index in [0.29, 0.717) is 0 Å². The molecular weight excluding hydrogens is 248 g/mol. The van der Waals surface area contributed by atoms with Crippen LogP contribution < -0.4 is 15.4 Å². The Morgan fingerprint density at radius 3 is 2.60 bits per heavy atom. The van der Waals surface area contributed by atoms with Crippen LogP contribution in [0.15, 0.2) is 18.2 Å². The Morgan fingerprint density at radius 2 is 1.95 bits per heavy atom. The zero-order valence-electron chi connectivity index (χ0n) is 13.1. The molecule has 0 aliphatic carbocycles. The van der Waals surface area contributed by atoms with E-state index < -0.39 is 0 Å². The molecule has 112 valence electrons. The minimum absolute atomic E-state index is 0.0625. The summed E-state index contributed by atoms with van der Waals surface area (Å²) in [6, 6.07) is 6.05. The number of hydrogen-bond donors (Lipinski definition) is 1. The molecule has 20 heavy (non-hydrogen) atoms. The van der Waals surface area contributed by atoms with E-state index in [-0.39, 0.29) is 5.60 Å². The van der Waals surface area contributed by atoms with E-state index >= 15 is 0 Å². The summed E-state index contributed by atoms with van der Waals surface area (Å²) in [5, 5.41) is 0. The van der Waals surface area contributed by atoms with Gasteiger partial charge in [-0.2, -0.15) is 0 Å². The molecule has 0 atom stereocenters. The van der Waals surface area contributed by atoms with Crippen molar-refractivity contribution >= 4 is 11.4 Å². The molecule has 0 unspecified atom stereocenters. The highest BCUT2D eigenvalue weighted by atomic mass is 16.5. The SMILES string of the molecule is CCCCCN1CC(CC)(CC)Oc2cc(N)ccc21. The summed E-state index contributed by atoms with van der Waals surface area (Å²) in [4.78, 5) is 2.49. The maximum Gasteiger partial charge on any atom is 0.145 e. The second-order valence-corrected chi connectivity index (χ2v) is 5.85. The molecule has 0 fully saturated rings. The van der Waals surface area contributed by atoms with Gasteiger partial charge in [0, 0.05) is 18.3 Å². The van der Waals surface area contributed by atoms with Crippen LogP contribution >= 0.6 is 0 Å². The van der Waals surface area contributed by atoms with E-state index in [1.807, 2.05) is 12.1 Å². The third-order valence-electron chi connectivity index (χ3n) is 4.45. The van der Waals surface area contributed by atoms with E-state index in [1.54, 1.807) is 0 Å². The van der Waals surface area contributed by atoms with Crippen molar-refractivity contribution in [3.05, 3.63) is 18.2 Å². The van der Waals surface area contributed by atoms with Gasteiger partial charge < -0.3 is 15.4 Å². The number of rotatable bonds is 6. The molecule has 3 nitrogen and oxygen atoms in total. The smallest absolute Gasteiger partial charge is 0.145 e. The van der Waals surface area contributed by atoms with Gasteiger partial charge in [-0.3, -0.25) is 0 Å². The fourth-order valence-corrected chi connectivity index (χ4v) is 2.94. The van der Waals surface area contributed by atoms with Crippen molar-refractivity contribution in [1.82, 2.24) is 0 Å². The largest absolute Gasteiger partial charge is 0.483 e. The molecule has 1 heterocycles. The molecule has 2 N–H and O–H groups in total. The van der Waals surface area contributed by atoms with Crippen molar-refractivity contribution in [2.45, 2.75) is 58.5 Å². The normalized spacial score (nSPS) is 16.6. The van der Waals surface area contributed by atoms with Gasteiger partial charge in [-0.1, -0.05) is 33.6 Å². The van der Waals surface area contributed by atoms with Crippen LogP contribution in [0.4, 0.5) is 11.4 Å². The summed E-state index contributed by atoms with van der Waals surface area (Å²) in [5.74, 6) is 0.955. The van der Waals surface area contributed by atoms with Crippen LogP contribution in [-0.4, -0.2) is 18.7 Å². The van der Waals surface area contributed by atoms with E-state index in [0.717, 1.165) is 37.4 Å². The Bertz CT molecular complexity index is 441. The third-order valence-corrected chi connectivity index (χ3v) is 4.45. The lowest BCUT2D eigenvalue weighted by atomic mass is 9.93. The average molecular weight is 276 g/mol. The minimum Gasteiger partial charge on any atom is -0.483 e. The lowest BCUT2D eigenvalue weighted by molar-refractivity contribution is 0.0574. The Kier molecular flexibility index (Phi) is 4.79. The maximum atomic E-state index is 6.31. The zero-order valence-corrected chi connectivity index (χ0v) is 13.1. The lowest BCUT2D eigenvalue weighted by Crippen LogP contribution is -2.50. The van der Waals surface area contributed by atoms with Crippen molar-refractivity contribution in [2.24, 2.45) is 0 Å². The number of hydrogen-bond acceptors (Lipinski definition) is 3. The van der Waals surface area contributed by atoms with Gasteiger partial charge in [0.1, 0.15) is 11.4 Å². The zero-order chi connectivity index (χ0) is 14.6. The van der Waals surface area contributed by atoms with Gasteiger partial charge in [0.05, 0.1) is 12.2 Å². The van der Waals surface area contributed by atoms with Crippen LogP contribution in [0.5, 0.6) is 5.75 Å².